The topological polar surface area (TPSA) is 85.1 Å². The van der Waals surface area contributed by atoms with E-state index < -0.39 is 5.97 Å². The van der Waals surface area contributed by atoms with Gasteiger partial charge in [0.15, 0.2) is 5.43 Å². The number of fused-ring (bicyclic) bond motifs is 2. The normalized spacial score (nSPS) is 11.2. The van der Waals surface area contributed by atoms with Crippen LogP contribution in [0.25, 0.3) is 32.8 Å². The van der Waals surface area contributed by atoms with Crippen molar-refractivity contribution in [3.63, 3.8) is 0 Å². The van der Waals surface area contributed by atoms with Gasteiger partial charge in [-0.15, -0.1) is 0 Å². The van der Waals surface area contributed by atoms with Gasteiger partial charge in [0, 0.05) is 41.3 Å². The average Bonchev–Trinajstić information content (AvgIpc) is 3.18. The van der Waals surface area contributed by atoms with Crippen molar-refractivity contribution >= 4 is 27.6 Å². The standard InChI is InChI=1S/C26H19N3O3/c1-29-15-20(14-28-29)19-12-23-24(27-13-19)9-8-17-7-6-16(11-22(17)25(23)30)10-18-4-2-3-5-21(18)26(31)32/h2-9,11-15H,10H2,1H3,(H,31,32). The van der Waals surface area contributed by atoms with Crippen molar-refractivity contribution in [2.24, 2.45) is 7.05 Å². The van der Waals surface area contributed by atoms with Crippen LogP contribution in [0.15, 0.2) is 84.0 Å². The molecular formula is C26H19N3O3. The third-order valence-corrected chi connectivity index (χ3v) is 5.63. The fraction of sp³-hybridized carbons (Fsp3) is 0.0769. The molecule has 3 aromatic carbocycles. The van der Waals surface area contributed by atoms with Gasteiger partial charge in [-0.05, 0) is 47.2 Å². The van der Waals surface area contributed by atoms with Gasteiger partial charge in [0.1, 0.15) is 0 Å². The first-order chi connectivity index (χ1) is 15.5. The van der Waals surface area contributed by atoms with E-state index in [-0.39, 0.29) is 11.0 Å². The molecule has 5 rings (SSSR count). The van der Waals surface area contributed by atoms with E-state index in [1.807, 2.05) is 55.7 Å². The van der Waals surface area contributed by atoms with Crippen LogP contribution in [0.4, 0.5) is 0 Å². The Morgan fingerprint density at radius 2 is 1.78 bits per heavy atom. The molecule has 6 heteroatoms. The van der Waals surface area contributed by atoms with Crippen molar-refractivity contribution in [2.45, 2.75) is 6.42 Å². The molecule has 0 aliphatic carbocycles. The number of carbonyl (C=O) groups is 1. The summed E-state index contributed by atoms with van der Waals surface area (Å²) in [6.45, 7) is 0. The summed E-state index contributed by atoms with van der Waals surface area (Å²) in [6.07, 6.45) is 5.80. The quantitative estimate of drug-likeness (QED) is 0.464. The van der Waals surface area contributed by atoms with Gasteiger partial charge in [0.05, 0.1) is 17.3 Å². The number of hydrogen-bond acceptors (Lipinski definition) is 4. The summed E-state index contributed by atoms with van der Waals surface area (Å²) in [4.78, 5) is 29.6. The van der Waals surface area contributed by atoms with Gasteiger partial charge in [-0.2, -0.15) is 5.10 Å². The summed E-state index contributed by atoms with van der Waals surface area (Å²) in [5, 5.41) is 15.6. The number of nitrogens with zero attached hydrogens (tertiary/aromatic N) is 3. The monoisotopic (exact) mass is 421 g/mol. The maximum absolute atomic E-state index is 13.5. The number of carboxylic acid groups (broad SMARTS) is 1. The first kappa shape index (κ1) is 19.6. The van der Waals surface area contributed by atoms with E-state index in [1.165, 1.54) is 0 Å². The molecule has 0 aliphatic heterocycles. The zero-order valence-electron chi connectivity index (χ0n) is 17.3. The number of rotatable bonds is 4. The second-order valence-corrected chi connectivity index (χ2v) is 7.78. The lowest BCUT2D eigenvalue weighted by molar-refractivity contribution is 0.0696. The van der Waals surface area contributed by atoms with Crippen LogP contribution in [0, 0.1) is 0 Å². The van der Waals surface area contributed by atoms with Gasteiger partial charge in [0.25, 0.3) is 0 Å². The molecular weight excluding hydrogens is 402 g/mol. The third-order valence-electron chi connectivity index (χ3n) is 5.63. The minimum absolute atomic E-state index is 0.105. The highest BCUT2D eigenvalue weighted by atomic mass is 16.4. The molecule has 0 saturated carbocycles. The molecule has 0 saturated heterocycles. The number of aromatic carboxylic acids is 1. The van der Waals surface area contributed by atoms with E-state index >= 15 is 0 Å². The van der Waals surface area contributed by atoms with Gasteiger partial charge in [0.2, 0.25) is 0 Å². The summed E-state index contributed by atoms with van der Waals surface area (Å²) in [5.41, 5.74) is 4.08. The molecule has 6 nitrogen and oxygen atoms in total. The number of benzene rings is 2. The molecule has 1 N–H and O–H groups in total. The third kappa shape index (κ3) is 3.52. The molecule has 156 valence electrons. The van der Waals surface area contributed by atoms with E-state index in [4.69, 9.17) is 0 Å². The minimum Gasteiger partial charge on any atom is -0.478 e. The molecule has 5 aromatic rings. The molecule has 2 heterocycles. The van der Waals surface area contributed by atoms with Crippen molar-refractivity contribution in [3.8, 4) is 11.1 Å². The predicted octanol–water partition coefficient (Wildman–Crippen LogP) is 4.44. The lowest BCUT2D eigenvalue weighted by Crippen LogP contribution is -2.04. The van der Waals surface area contributed by atoms with Crippen LogP contribution in [0.5, 0.6) is 0 Å². The van der Waals surface area contributed by atoms with E-state index in [0.29, 0.717) is 28.3 Å². The highest BCUT2D eigenvalue weighted by Gasteiger charge is 2.11. The molecule has 0 fully saturated rings. The Kier molecular flexibility index (Phi) is 4.75. The van der Waals surface area contributed by atoms with Crippen LogP contribution < -0.4 is 5.43 Å². The Bertz CT molecular complexity index is 1570. The number of pyridine rings is 1. The second-order valence-electron chi connectivity index (χ2n) is 7.78. The molecule has 0 atom stereocenters. The van der Waals surface area contributed by atoms with Crippen molar-refractivity contribution in [1.29, 1.82) is 0 Å². The molecule has 32 heavy (non-hydrogen) atoms. The summed E-state index contributed by atoms with van der Waals surface area (Å²) >= 11 is 0. The summed E-state index contributed by atoms with van der Waals surface area (Å²) in [6, 6.07) is 18.2. The van der Waals surface area contributed by atoms with Crippen molar-refractivity contribution in [3.05, 3.63) is 106 Å². The molecule has 0 bridgehead atoms. The zero-order chi connectivity index (χ0) is 22.2. The summed E-state index contributed by atoms with van der Waals surface area (Å²) < 4.78 is 1.71. The lowest BCUT2D eigenvalue weighted by atomic mass is 9.98. The molecule has 0 spiro atoms. The zero-order valence-corrected chi connectivity index (χ0v) is 17.3. The van der Waals surface area contributed by atoms with E-state index in [0.717, 1.165) is 22.1 Å². The highest BCUT2D eigenvalue weighted by molar-refractivity contribution is 5.93. The number of hydrogen-bond donors (Lipinski definition) is 1. The number of aryl methyl sites for hydroxylation is 1. The Labute approximate surface area is 183 Å². The van der Waals surface area contributed by atoms with Crippen molar-refractivity contribution in [2.75, 3.05) is 0 Å². The average molecular weight is 421 g/mol. The molecule has 0 amide bonds. The Morgan fingerprint density at radius 1 is 0.969 bits per heavy atom. The predicted molar refractivity (Wildman–Crippen MR) is 124 cm³/mol. The largest absolute Gasteiger partial charge is 0.478 e. The maximum Gasteiger partial charge on any atom is 0.335 e. The van der Waals surface area contributed by atoms with Crippen LogP contribution >= 0.6 is 0 Å². The maximum atomic E-state index is 13.5. The first-order valence-corrected chi connectivity index (χ1v) is 10.2. The fourth-order valence-corrected chi connectivity index (χ4v) is 3.99. The Balaban J connectivity index is 1.66. The van der Waals surface area contributed by atoms with Crippen LogP contribution in [-0.2, 0) is 13.5 Å². The van der Waals surface area contributed by atoms with Crippen LogP contribution in [0.1, 0.15) is 21.5 Å². The second kappa shape index (κ2) is 7.74. The SMILES string of the molecule is Cn1cc(-c2cnc3ccc4ccc(Cc5ccccc5C(=O)O)cc4c(=O)c3c2)cn1. The van der Waals surface area contributed by atoms with Gasteiger partial charge < -0.3 is 5.11 Å². The van der Waals surface area contributed by atoms with Gasteiger partial charge in [-0.1, -0.05) is 36.4 Å². The van der Waals surface area contributed by atoms with Crippen LogP contribution in [0.3, 0.4) is 0 Å². The van der Waals surface area contributed by atoms with Crippen LogP contribution in [-0.4, -0.2) is 25.8 Å². The first-order valence-electron chi connectivity index (χ1n) is 10.2. The molecule has 0 radical (unpaired) electrons. The molecule has 0 unspecified atom stereocenters. The van der Waals surface area contributed by atoms with Crippen LogP contribution in [0.2, 0.25) is 0 Å². The minimum atomic E-state index is -0.961. The number of aromatic nitrogens is 3. The van der Waals surface area contributed by atoms with E-state index in [9.17, 15) is 14.7 Å². The van der Waals surface area contributed by atoms with E-state index in [1.54, 1.807) is 35.3 Å². The summed E-state index contributed by atoms with van der Waals surface area (Å²) in [7, 11) is 1.84. The molecule has 0 aliphatic rings. The van der Waals surface area contributed by atoms with Crippen molar-refractivity contribution < 1.29 is 9.90 Å². The van der Waals surface area contributed by atoms with Gasteiger partial charge in [-0.3, -0.25) is 14.5 Å². The Hall–Kier alpha value is -4.32. The van der Waals surface area contributed by atoms with Gasteiger partial charge in [-0.25, -0.2) is 4.79 Å². The highest BCUT2D eigenvalue weighted by Crippen LogP contribution is 2.23. The van der Waals surface area contributed by atoms with E-state index in [2.05, 4.69) is 10.1 Å². The molecule has 2 aromatic heterocycles. The summed E-state index contributed by atoms with van der Waals surface area (Å²) in [5.74, 6) is -0.961. The number of carboxylic acids is 1. The lowest BCUT2D eigenvalue weighted by Gasteiger charge is -2.06. The Morgan fingerprint density at radius 3 is 2.56 bits per heavy atom. The van der Waals surface area contributed by atoms with Gasteiger partial charge >= 0.3 is 5.97 Å². The fourth-order valence-electron chi connectivity index (χ4n) is 3.99. The smallest absolute Gasteiger partial charge is 0.335 e. The van der Waals surface area contributed by atoms with Crippen molar-refractivity contribution in [1.82, 2.24) is 14.8 Å².